The third kappa shape index (κ3) is 7.22. The summed E-state index contributed by atoms with van der Waals surface area (Å²) in [6.45, 7) is 7.54. The third-order valence-corrected chi connectivity index (χ3v) is 13.1. The highest BCUT2D eigenvalue weighted by atomic mass is 32.2. The van der Waals surface area contributed by atoms with Crippen molar-refractivity contribution in [1.29, 1.82) is 0 Å². The average Bonchev–Trinajstić information content (AvgIpc) is 3.09. The molecule has 0 saturated carbocycles. The van der Waals surface area contributed by atoms with Crippen molar-refractivity contribution in [2.24, 2.45) is 0 Å². The number of nitrogens with zero attached hydrogens (tertiary/aromatic N) is 2. The van der Waals surface area contributed by atoms with Crippen molar-refractivity contribution in [3.8, 4) is 11.5 Å². The molecule has 13 heteroatoms. The molecule has 2 aliphatic heterocycles. The minimum atomic E-state index is -4.13. The lowest BCUT2D eigenvalue weighted by Crippen LogP contribution is -2.42. The minimum absolute atomic E-state index is 0.0347. The number of nitrogens with one attached hydrogen (secondary N) is 2. The Morgan fingerprint density at radius 2 is 1.38 bits per heavy atom. The summed E-state index contributed by atoms with van der Waals surface area (Å²) in [5.74, 6) is -2.41. The number of carbonyl (C=O) groups excluding carboxylic acids is 1. The Bertz CT molecular complexity index is 2120. The van der Waals surface area contributed by atoms with Gasteiger partial charge in [0.1, 0.15) is 0 Å². The first-order valence-electron chi connectivity index (χ1n) is 16.5. The molecule has 11 nitrogen and oxygen atoms in total. The van der Waals surface area contributed by atoms with E-state index in [0.29, 0.717) is 32.4 Å². The second-order valence-corrected chi connectivity index (χ2v) is 17.7. The van der Waals surface area contributed by atoms with Crippen LogP contribution in [0.15, 0.2) is 94.7 Å². The van der Waals surface area contributed by atoms with Gasteiger partial charge in [-0.25, -0.2) is 16.8 Å². The second-order valence-electron chi connectivity index (χ2n) is 13.8. The molecule has 0 aromatic heterocycles. The zero-order valence-electron chi connectivity index (χ0n) is 28.3. The van der Waals surface area contributed by atoms with Crippen LogP contribution in [0.5, 0.6) is 11.5 Å². The van der Waals surface area contributed by atoms with Crippen molar-refractivity contribution in [1.82, 2.24) is 8.61 Å². The van der Waals surface area contributed by atoms with E-state index in [0.717, 1.165) is 28.9 Å². The minimum Gasteiger partial charge on any atom is -0.504 e. The molecule has 1 fully saturated rings. The van der Waals surface area contributed by atoms with Crippen LogP contribution in [0.25, 0.3) is 0 Å². The number of anilines is 2. The van der Waals surface area contributed by atoms with Gasteiger partial charge >= 0.3 is 0 Å². The number of aromatic hydroxyl groups is 2. The van der Waals surface area contributed by atoms with E-state index >= 15 is 0 Å². The molecule has 2 heterocycles. The maximum absolute atomic E-state index is 13.5. The maximum atomic E-state index is 13.5. The predicted octanol–water partition coefficient (Wildman–Crippen LogP) is 5.66. The Hall–Kier alpha value is -4.43. The fraction of sp³-hybridized carbons (Fsp3) is 0.324. The van der Waals surface area contributed by atoms with Gasteiger partial charge in [0.05, 0.1) is 15.4 Å². The molecule has 4 aromatic rings. The van der Waals surface area contributed by atoms with E-state index in [1.54, 1.807) is 0 Å². The van der Waals surface area contributed by atoms with Gasteiger partial charge in [-0.15, -0.1) is 0 Å². The van der Waals surface area contributed by atoms with Crippen LogP contribution in [0.4, 0.5) is 11.4 Å². The van der Waals surface area contributed by atoms with Crippen molar-refractivity contribution >= 4 is 37.3 Å². The maximum Gasteiger partial charge on any atom is 0.259 e. The van der Waals surface area contributed by atoms with Gasteiger partial charge in [0, 0.05) is 49.7 Å². The van der Waals surface area contributed by atoms with Crippen molar-refractivity contribution in [3.05, 3.63) is 107 Å². The molecule has 0 bridgehead atoms. The van der Waals surface area contributed by atoms with Crippen LogP contribution in [0.3, 0.4) is 0 Å². The first kappa shape index (κ1) is 35.4. The standard InChI is InChI=1S/C37H42N4O7S2/c1-37(2,3)32-10-6-7-11-33(32)38-28-17-20-40(21-18-28)49(45,46)29-14-12-27(13-15-29)39-36(44)31-22-30(23-34(42)35(31)43)50(47,48)41-19-16-25-8-4-5-9-26(25)24-41/h4-15,22-23,28,38,42-43H,16-21,24H2,1-3H3,(H,39,44). The van der Waals surface area contributed by atoms with Crippen LogP contribution in [0.2, 0.25) is 0 Å². The molecule has 1 saturated heterocycles. The number of sulfonamides is 2. The quantitative estimate of drug-likeness (QED) is 0.170. The lowest BCUT2D eigenvalue weighted by atomic mass is 9.85. The Labute approximate surface area is 293 Å². The summed E-state index contributed by atoms with van der Waals surface area (Å²) >= 11 is 0. The summed E-state index contributed by atoms with van der Waals surface area (Å²) in [4.78, 5) is 13.0. The number of hydrogen-bond acceptors (Lipinski definition) is 8. The van der Waals surface area contributed by atoms with Gasteiger partial charge in [-0.3, -0.25) is 4.79 Å². The number of para-hydroxylation sites is 1. The van der Waals surface area contributed by atoms with E-state index in [2.05, 4.69) is 43.5 Å². The largest absolute Gasteiger partial charge is 0.504 e. The van der Waals surface area contributed by atoms with Gasteiger partial charge < -0.3 is 20.8 Å². The molecule has 1 amide bonds. The second kappa shape index (κ2) is 13.7. The highest BCUT2D eigenvalue weighted by Gasteiger charge is 2.32. The summed E-state index contributed by atoms with van der Waals surface area (Å²) < 4.78 is 56.8. The van der Waals surface area contributed by atoms with Crippen LogP contribution in [-0.2, 0) is 38.4 Å². The van der Waals surface area contributed by atoms with Crippen molar-refractivity contribution in [2.45, 2.75) is 67.8 Å². The molecular formula is C37H42N4O7S2. The Balaban J connectivity index is 1.11. The Morgan fingerprint density at radius 3 is 2.06 bits per heavy atom. The number of benzene rings is 4. The Morgan fingerprint density at radius 1 is 0.760 bits per heavy atom. The fourth-order valence-electron chi connectivity index (χ4n) is 6.52. The lowest BCUT2D eigenvalue weighted by molar-refractivity contribution is 0.102. The number of phenolic OH excluding ortho intramolecular Hbond substituents is 2. The zero-order chi connectivity index (χ0) is 35.8. The van der Waals surface area contributed by atoms with Crippen molar-refractivity contribution in [2.75, 3.05) is 30.3 Å². The lowest BCUT2D eigenvalue weighted by Gasteiger charge is -2.33. The van der Waals surface area contributed by atoms with E-state index in [1.807, 2.05) is 36.4 Å². The topological polar surface area (TPSA) is 156 Å². The normalized spacial score (nSPS) is 16.5. The van der Waals surface area contributed by atoms with Crippen LogP contribution in [-0.4, -0.2) is 67.2 Å². The van der Waals surface area contributed by atoms with Crippen LogP contribution < -0.4 is 10.6 Å². The van der Waals surface area contributed by atoms with Gasteiger partial charge in [-0.2, -0.15) is 8.61 Å². The monoisotopic (exact) mass is 718 g/mol. The summed E-state index contributed by atoms with van der Waals surface area (Å²) in [5, 5.41) is 27.1. The van der Waals surface area contributed by atoms with E-state index in [-0.39, 0.29) is 40.0 Å². The van der Waals surface area contributed by atoms with Crippen molar-refractivity contribution in [3.63, 3.8) is 0 Å². The summed E-state index contributed by atoms with van der Waals surface area (Å²) in [6, 6.07) is 23.4. The van der Waals surface area contributed by atoms with Gasteiger partial charge in [-0.05, 0) is 77.8 Å². The number of rotatable bonds is 8. The molecule has 0 radical (unpaired) electrons. The average molecular weight is 719 g/mol. The predicted molar refractivity (Wildman–Crippen MR) is 192 cm³/mol. The first-order chi connectivity index (χ1) is 23.6. The Kier molecular flexibility index (Phi) is 9.70. The van der Waals surface area contributed by atoms with Crippen LogP contribution >= 0.6 is 0 Å². The number of carbonyl (C=O) groups is 1. The molecule has 50 heavy (non-hydrogen) atoms. The van der Waals surface area contributed by atoms with Gasteiger partial charge in [0.2, 0.25) is 20.0 Å². The number of amides is 1. The SMILES string of the molecule is CC(C)(C)c1ccccc1NC1CCN(S(=O)(=O)c2ccc(NC(=O)c3cc(S(=O)(=O)N4CCc5ccccc5C4)cc(O)c3O)cc2)CC1. The number of piperidine rings is 1. The molecule has 4 aromatic carbocycles. The molecular weight excluding hydrogens is 677 g/mol. The number of phenols is 2. The number of hydrogen-bond donors (Lipinski definition) is 4. The smallest absolute Gasteiger partial charge is 0.259 e. The molecule has 0 atom stereocenters. The fourth-order valence-corrected chi connectivity index (χ4v) is 9.46. The van der Waals surface area contributed by atoms with Gasteiger partial charge in [0.15, 0.2) is 11.5 Å². The van der Waals surface area contributed by atoms with Crippen molar-refractivity contribution < 1.29 is 31.8 Å². The number of fused-ring (bicyclic) bond motifs is 1. The molecule has 0 aliphatic carbocycles. The highest BCUT2D eigenvalue weighted by Crippen LogP contribution is 2.36. The molecule has 6 rings (SSSR count). The highest BCUT2D eigenvalue weighted by molar-refractivity contribution is 7.89. The molecule has 0 spiro atoms. The van der Waals surface area contributed by atoms with E-state index in [9.17, 15) is 31.8 Å². The molecule has 2 aliphatic rings. The molecule has 4 N–H and O–H groups in total. The first-order valence-corrected chi connectivity index (χ1v) is 19.4. The van der Waals surface area contributed by atoms with E-state index in [4.69, 9.17) is 0 Å². The van der Waals surface area contributed by atoms with Crippen LogP contribution in [0, 0.1) is 0 Å². The third-order valence-electron chi connectivity index (χ3n) is 9.34. The molecule has 264 valence electrons. The van der Waals surface area contributed by atoms with E-state index < -0.39 is 43.0 Å². The summed E-state index contributed by atoms with van der Waals surface area (Å²) in [6.07, 6.45) is 1.80. The van der Waals surface area contributed by atoms with Gasteiger partial charge in [0.25, 0.3) is 5.91 Å². The summed E-state index contributed by atoms with van der Waals surface area (Å²) in [5.41, 5.74) is 3.93. The van der Waals surface area contributed by atoms with E-state index in [1.165, 1.54) is 38.4 Å². The summed E-state index contributed by atoms with van der Waals surface area (Å²) in [7, 11) is -7.93. The van der Waals surface area contributed by atoms with Crippen LogP contribution in [0.1, 0.15) is 60.7 Å². The van der Waals surface area contributed by atoms with Gasteiger partial charge in [-0.1, -0.05) is 63.2 Å². The molecule has 0 unspecified atom stereocenters. The zero-order valence-corrected chi connectivity index (χ0v) is 29.9.